The Morgan fingerprint density at radius 1 is 0.714 bits per heavy atom. The average molecular weight is 567 g/mol. The molecule has 0 aliphatic heterocycles. The van der Waals surface area contributed by atoms with Crippen LogP contribution in [0, 0.1) is 10.8 Å². The van der Waals surface area contributed by atoms with E-state index in [2.05, 4.69) is 108 Å². The molecule has 2 heteroatoms. The van der Waals surface area contributed by atoms with E-state index >= 15 is 0 Å². The molecule has 0 aromatic rings. The average Bonchev–Trinajstić information content (AvgIpc) is 2.89. The summed E-state index contributed by atoms with van der Waals surface area (Å²) in [5, 5.41) is 10.4. The summed E-state index contributed by atoms with van der Waals surface area (Å²) in [5.41, 5.74) is 9.21. The second-order valence-corrected chi connectivity index (χ2v) is 13.2. The molecule has 0 heterocycles. The van der Waals surface area contributed by atoms with Gasteiger partial charge in [-0.1, -0.05) is 141 Å². The Hall–Kier alpha value is -3.23. The SMILES string of the molecule is CC1=C(/C=C/C(C)=C/C=C/C(C)=C/C=C/C=C(C)/C=C/C=C(C)/C=C/C2=C(C)C(=O)C[C@@H](O)C2(C)C)C(C)(C)CCC1. The first kappa shape index (κ1) is 35.0. The van der Waals surface area contributed by atoms with E-state index in [0.29, 0.717) is 0 Å². The van der Waals surface area contributed by atoms with Crippen LogP contribution in [0.2, 0.25) is 0 Å². The largest absolute Gasteiger partial charge is 0.392 e. The van der Waals surface area contributed by atoms with Gasteiger partial charge in [-0.15, -0.1) is 0 Å². The van der Waals surface area contributed by atoms with E-state index in [9.17, 15) is 9.90 Å². The Labute approximate surface area is 256 Å². The molecular formula is C40H54O2. The first-order valence-electron chi connectivity index (χ1n) is 15.4. The summed E-state index contributed by atoms with van der Waals surface area (Å²) in [6, 6.07) is 0. The molecule has 0 amide bonds. The number of carbonyl (C=O) groups is 1. The molecule has 1 N–H and O–H groups in total. The second kappa shape index (κ2) is 15.8. The Kier molecular flexibility index (Phi) is 13.2. The lowest BCUT2D eigenvalue weighted by Crippen LogP contribution is -2.38. The van der Waals surface area contributed by atoms with Crippen LogP contribution < -0.4 is 0 Å². The topological polar surface area (TPSA) is 37.3 Å². The minimum absolute atomic E-state index is 0.0276. The molecule has 0 aromatic heterocycles. The zero-order chi connectivity index (χ0) is 31.5. The highest BCUT2D eigenvalue weighted by molar-refractivity contribution is 5.97. The van der Waals surface area contributed by atoms with Crippen molar-refractivity contribution in [2.45, 2.75) is 101 Å². The lowest BCUT2D eigenvalue weighted by molar-refractivity contribution is -0.120. The minimum atomic E-state index is -0.650. The van der Waals surface area contributed by atoms with Gasteiger partial charge in [0.1, 0.15) is 0 Å². The summed E-state index contributed by atoms with van der Waals surface area (Å²) in [6.45, 7) is 21.2. The number of aliphatic hydroxyl groups excluding tert-OH is 1. The van der Waals surface area contributed by atoms with Crippen LogP contribution in [0.5, 0.6) is 0 Å². The number of carbonyl (C=O) groups excluding carboxylic acids is 1. The van der Waals surface area contributed by atoms with E-state index in [1.165, 1.54) is 41.6 Å². The number of hydrogen-bond donors (Lipinski definition) is 1. The highest BCUT2D eigenvalue weighted by Gasteiger charge is 2.38. The summed E-state index contributed by atoms with van der Waals surface area (Å²) < 4.78 is 0. The summed E-state index contributed by atoms with van der Waals surface area (Å²) in [7, 11) is 0. The maximum atomic E-state index is 12.2. The number of rotatable bonds is 10. The van der Waals surface area contributed by atoms with Crippen molar-refractivity contribution in [3.8, 4) is 0 Å². The van der Waals surface area contributed by atoms with Crippen molar-refractivity contribution in [1.82, 2.24) is 0 Å². The zero-order valence-electron chi connectivity index (χ0n) is 27.8. The molecular weight excluding hydrogens is 512 g/mol. The smallest absolute Gasteiger partial charge is 0.161 e. The Morgan fingerprint density at radius 3 is 1.67 bits per heavy atom. The highest BCUT2D eigenvalue weighted by atomic mass is 16.3. The van der Waals surface area contributed by atoms with Crippen LogP contribution in [0.15, 0.2) is 130 Å². The standard InChI is InChI=1S/C40H54O2/c1-29(18-13-20-31(3)23-25-35-33(5)22-15-27-39(35,7)8)16-11-12-17-30(2)19-14-21-32(4)24-26-36-34(6)37(41)28-38(42)40(36,9)10/h11-14,16-21,23-26,38,42H,15,22,27-28H2,1-10H3/b12-11+,18-13+,19-14+,25-23+,26-24+,29-16+,30-17+,31-20+,32-21+/t38-/m1/s1. The molecule has 0 aromatic carbocycles. The van der Waals surface area contributed by atoms with Gasteiger partial charge in [-0.25, -0.2) is 0 Å². The van der Waals surface area contributed by atoms with Gasteiger partial charge in [0.25, 0.3) is 0 Å². The highest BCUT2D eigenvalue weighted by Crippen LogP contribution is 2.41. The third kappa shape index (κ3) is 10.6. The van der Waals surface area contributed by atoms with Gasteiger partial charge in [0.2, 0.25) is 0 Å². The van der Waals surface area contributed by atoms with Crippen molar-refractivity contribution in [2.24, 2.45) is 10.8 Å². The Bertz CT molecular complexity index is 1330. The normalized spacial score (nSPS) is 23.3. The van der Waals surface area contributed by atoms with Gasteiger partial charge < -0.3 is 5.11 Å². The molecule has 0 unspecified atom stereocenters. The van der Waals surface area contributed by atoms with Crippen molar-refractivity contribution < 1.29 is 9.90 Å². The van der Waals surface area contributed by atoms with Gasteiger partial charge in [-0.05, 0) is 82.9 Å². The van der Waals surface area contributed by atoms with E-state index in [1.807, 2.05) is 45.9 Å². The summed E-state index contributed by atoms with van der Waals surface area (Å²) in [5.74, 6) is 0.0276. The predicted octanol–water partition coefficient (Wildman–Crippen LogP) is 10.8. The molecule has 0 fully saturated rings. The van der Waals surface area contributed by atoms with Gasteiger partial charge in [-0.3, -0.25) is 4.79 Å². The lowest BCUT2D eigenvalue weighted by Gasteiger charge is -2.36. The van der Waals surface area contributed by atoms with E-state index < -0.39 is 11.5 Å². The predicted molar refractivity (Wildman–Crippen MR) is 183 cm³/mol. The molecule has 2 rings (SSSR count). The van der Waals surface area contributed by atoms with Crippen LogP contribution in [-0.4, -0.2) is 17.0 Å². The second-order valence-electron chi connectivity index (χ2n) is 13.2. The molecule has 42 heavy (non-hydrogen) atoms. The van der Waals surface area contributed by atoms with Crippen LogP contribution in [0.4, 0.5) is 0 Å². The maximum Gasteiger partial charge on any atom is 0.161 e. The number of Topliss-reactive ketones (excluding diaryl/α,β-unsaturated/α-hetero) is 1. The molecule has 2 aliphatic carbocycles. The van der Waals surface area contributed by atoms with Crippen LogP contribution in [0.1, 0.15) is 94.9 Å². The quantitative estimate of drug-likeness (QED) is 0.267. The molecule has 0 saturated heterocycles. The maximum absolute atomic E-state index is 12.2. The summed E-state index contributed by atoms with van der Waals surface area (Å²) >= 11 is 0. The fourth-order valence-electron chi connectivity index (χ4n) is 5.52. The number of aliphatic hydroxyl groups is 1. The van der Waals surface area contributed by atoms with E-state index in [1.54, 1.807) is 0 Å². The van der Waals surface area contributed by atoms with E-state index in [4.69, 9.17) is 0 Å². The van der Waals surface area contributed by atoms with Crippen LogP contribution in [0.25, 0.3) is 0 Å². The lowest BCUT2D eigenvalue weighted by atomic mass is 9.70. The van der Waals surface area contributed by atoms with Crippen LogP contribution in [0.3, 0.4) is 0 Å². The third-order valence-electron chi connectivity index (χ3n) is 8.56. The van der Waals surface area contributed by atoms with Crippen LogP contribution in [-0.2, 0) is 4.79 Å². The van der Waals surface area contributed by atoms with Crippen LogP contribution >= 0.6 is 0 Å². The molecule has 226 valence electrons. The summed E-state index contributed by atoms with van der Waals surface area (Å²) in [4.78, 5) is 12.2. The fraction of sp³-hybridized carbons (Fsp3) is 0.425. The molecule has 0 spiro atoms. The molecule has 0 radical (unpaired) electrons. The summed E-state index contributed by atoms with van der Waals surface area (Å²) in [6.07, 6.45) is 32.8. The van der Waals surface area contributed by atoms with Gasteiger partial charge >= 0.3 is 0 Å². The van der Waals surface area contributed by atoms with Crippen molar-refractivity contribution in [3.05, 3.63) is 130 Å². The monoisotopic (exact) mass is 566 g/mol. The van der Waals surface area contributed by atoms with Gasteiger partial charge in [0.05, 0.1) is 6.10 Å². The van der Waals surface area contributed by atoms with Gasteiger partial charge in [0.15, 0.2) is 5.78 Å². The molecule has 0 bridgehead atoms. The minimum Gasteiger partial charge on any atom is -0.392 e. The molecule has 2 aliphatic rings. The van der Waals surface area contributed by atoms with E-state index in [0.717, 1.165) is 22.3 Å². The van der Waals surface area contributed by atoms with Crippen molar-refractivity contribution >= 4 is 5.78 Å². The molecule has 2 nitrogen and oxygen atoms in total. The first-order valence-corrected chi connectivity index (χ1v) is 15.4. The zero-order valence-corrected chi connectivity index (χ0v) is 27.8. The Morgan fingerprint density at radius 2 is 1.17 bits per heavy atom. The van der Waals surface area contributed by atoms with Gasteiger partial charge in [-0.2, -0.15) is 0 Å². The van der Waals surface area contributed by atoms with Gasteiger partial charge in [0, 0.05) is 11.8 Å². The van der Waals surface area contributed by atoms with Crippen molar-refractivity contribution in [3.63, 3.8) is 0 Å². The molecule has 0 saturated carbocycles. The number of allylic oxidation sites excluding steroid dienone is 21. The number of hydrogen-bond acceptors (Lipinski definition) is 2. The Balaban J connectivity index is 1.92. The number of ketones is 1. The molecule has 1 atom stereocenters. The fourth-order valence-corrected chi connectivity index (χ4v) is 5.52. The van der Waals surface area contributed by atoms with Crippen molar-refractivity contribution in [1.29, 1.82) is 0 Å². The van der Waals surface area contributed by atoms with E-state index in [-0.39, 0.29) is 17.6 Å². The van der Waals surface area contributed by atoms with Crippen molar-refractivity contribution in [2.75, 3.05) is 0 Å². The third-order valence-corrected chi connectivity index (χ3v) is 8.56. The first-order chi connectivity index (χ1) is 19.6.